The van der Waals surface area contributed by atoms with Crippen molar-refractivity contribution in [2.24, 2.45) is 5.92 Å². The number of nitrogens with zero attached hydrogens (tertiary/aromatic N) is 1. The average Bonchev–Trinajstić information content (AvgIpc) is 3.35. The molecule has 1 amide bonds. The number of nitro groups is 1. The van der Waals surface area contributed by atoms with Gasteiger partial charge in [-0.1, -0.05) is 44.2 Å². The summed E-state index contributed by atoms with van der Waals surface area (Å²) in [5.41, 5.74) is 0.579. The second kappa shape index (κ2) is 13.0. The van der Waals surface area contributed by atoms with Crippen LogP contribution in [-0.2, 0) is 32.3 Å². The summed E-state index contributed by atoms with van der Waals surface area (Å²) < 4.78 is 39.1. The van der Waals surface area contributed by atoms with Gasteiger partial charge in [-0.25, -0.2) is 17.9 Å². The van der Waals surface area contributed by atoms with Crippen LogP contribution in [-0.4, -0.2) is 62.5 Å². The summed E-state index contributed by atoms with van der Waals surface area (Å²) in [5.74, 6) is 0.0394. The number of non-ortho nitro benzene ring substituents is 1. The van der Waals surface area contributed by atoms with E-state index in [1.165, 1.54) is 0 Å². The molecule has 3 N–H and O–H groups in total. The lowest BCUT2D eigenvalue weighted by molar-refractivity contribution is -0.385. The van der Waals surface area contributed by atoms with Crippen LogP contribution in [0.5, 0.6) is 0 Å². The van der Waals surface area contributed by atoms with E-state index in [2.05, 4.69) is 10.0 Å². The van der Waals surface area contributed by atoms with Gasteiger partial charge < -0.3 is 19.9 Å². The minimum Gasteiger partial charge on any atom is -0.444 e. The number of carbonyl (C=O) groups excluding carboxylic acids is 1. The molecule has 3 atom stereocenters. The summed E-state index contributed by atoms with van der Waals surface area (Å²) in [7, 11) is -4.01. The molecular formula is C25H33N3O8S. The fourth-order valence-corrected chi connectivity index (χ4v) is 5.36. The van der Waals surface area contributed by atoms with E-state index in [0.29, 0.717) is 13.0 Å². The van der Waals surface area contributed by atoms with Crippen LogP contribution in [0.15, 0.2) is 53.4 Å². The van der Waals surface area contributed by atoms with Gasteiger partial charge in [0.2, 0.25) is 10.0 Å². The van der Waals surface area contributed by atoms with Crippen LogP contribution in [0.2, 0.25) is 0 Å². The van der Waals surface area contributed by atoms with E-state index in [1.807, 2.05) is 44.2 Å². The molecule has 37 heavy (non-hydrogen) atoms. The first-order chi connectivity index (χ1) is 17.5. The molecule has 2 aromatic rings. The topological polar surface area (TPSA) is 157 Å². The number of alkyl carbamates (subject to hydrolysis) is 1. The van der Waals surface area contributed by atoms with Gasteiger partial charge in [0.15, 0.2) is 0 Å². The normalized spacial score (nSPS) is 17.4. The predicted octanol–water partition coefficient (Wildman–Crippen LogP) is 2.56. The van der Waals surface area contributed by atoms with Crippen molar-refractivity contribution in [3.05, 3.63) is 69.8 Å². The van der Waals surface area contributed by atoms with Crippen molar-refractivity contribution in [3.8, 4) is 0 Å². The summed E-state index contributed by atoms with van der Waals surface area (Å²) in [5, 5.41) is 25.3. The molecule has 202 valence electrons. The molecule has 1 aliphatic rings. The third kappa shape index (κ3) is 8.49. The zero-order chi connectivity index (χ0) is 27.0. The molecule has 0 bridgehead atoms. The lowest BCUT2D eigenvalue weighted by Gasteiger charge is -2.25. The smallest absolute Gasteiger partial charge is 0.407 e. The highest BCUT2D eigenvalue weighted by Gasteiger charge is 2.29. The Balaban J connectivity index is 1.87. The largest absolute Gasteiger partial charge is 0.444 e. The van der Waals surface area contributed by atoms with Crippen molar-refractivity contribution < 1.29 is 32.7 Å². The molecule has 1 fully saturated rings. The second-order valence-electron chi connectivity index (χ2n) is 9.40. The Kier molecular flexibility index (Phi) is 9.98. The summed E-state index contributed by atoms with van der Waals surface area (Å²) in [6.45, 7) is 4.65. The number of aliphatic hydroxyl groups is 1. The van der Waals surface area contributed by atoms with Crippen LogP contribution in [0.4, 0.5) is 10.5 Å². The van der Waals surface area contributed by atoms with Crippen LogP contribution < -0.4 is 10.0 Å². The Morgan fingerprint density at radius 1 is 1.22 bits per heavy atom. The number of nitrogens with one attached hydrogen (secondary N) is 2. The van der Waals surface area contributed by atoms with Crippen LogP contribution in [0.1, 0.15) is 31.4 Å². The number of benzene rings is 2. The Labute approximate surface area is 216 Å². The van der Waals surface area contributed by atoms with Gasteiger partial charge >= 0.3 is 6.09 Å². The minimum atomic E-state index is -4.01. The van der Waals surface area contributed by atoms with Gasteiger partial charge in [0.1, 0.15) is 6.10 Å². The van der Waals surface area contributed by atoms with E-state index in [4.69, 9.17) is 9.47 Å². The molecule has 1 heterocycles. The highest BCUT2D eigenvalue weighted by atomic mass is 32.2. The third-order valence-corrected chi connectivity index (χ3v) is 7.41. The van der Waals surface area contributed by atoms with Crippen molar-refractivity contribution >= 4 is 21.8 Å². The monoisotopic (exact) mass is 535 g/mol. The first-order valence-corrected chi connectivity index (χ1v) is 13.6. The molecule has 0 radical (unpaired) electrons. The number of amides is 1. The first-order valence-electron chi connectivity index (χ1n) is 12.1. The number of hydrogen-bond donors (Lipinski definition) is 3. The van der Waals surface area contributed by atoms with E-state index in [0.717, 1.165) is 23.8 Å². The number of nitro benzene ring substituents is 1. The highest BCUT2D eigenvalue weighted by molar-refractivity contribution is 7.89. The van der Waals surface area contributed by atoms with Gasteiger partial charge in [0, 0.05) is 31.5 Å². The molecule has 12 heteroatoms. The molecule has 3 rings (SSSR count). The van der Waals surface area contributed by atoms with E-state index in [1.54, 1.807) is 0 Å². The number of hydrogen-bond acceptors (Lipinski definition) is 8. The Morgan fingerprint density at radius 3 is 2.57 bits per heavy atom. The van der Waals surface area contributed by atoms with Crippen molar-refractivity contribution in [1.29, 1.82) is 0 Å². The standard InChI is InChI=1S/C25H33N3O8S/c1-17(2)15-26-37(33,34)24-9-8-20(28(31)32)13-19(24)14-23(29)22(12-18-6-4-3-5-7-18)27-25(30)36-21-10-11-35-16-21/h3-9,13,17,21-23,26,29H,10-12,14-16H2,1-2H3,(H,27,30)/t21-,22?,23?/m0/s1. The molecule has 0 spiro atoms. The maximum Gasteiger partial charge on any atom is 0.407 e. The molecule has 0 aliphatic carbocycles. The van der Waals surface area contributed by atoms with Crippen molar-refractivity contribution in [3.63, 3.8) is 0 Å². The fourth-order valence-electron chi connectivity index (χ4n) is 3.92. The van der Waals surface area contributed by atoms with E-state index >= 15 is 0 Å². The highest BCUT2D eigenvalue weighted by Crippen LogP contribution is 2.25. The summed E-state index contributed by atoms with van der Waals surface area (Å²) >= 11 is 0. The van der Waals surface area contributed by atoms with Gasteiger partial charge in [-0.05, 0) is 29.5 Å². The lowest BCUT2D eigenvalue weighted by atomic mass is 9.96. The van der Waals surface area contributed by atoms with Gasteiger partial charge in [-0.3, -0.25) is 10.1 Å². The molecule has 0 aromatic heterocycles. The third-order valence-electron chi connectivity index (χ3n) is 5.88. The Hall–Kier alpha value is -3.06. The summed E-state index contributed by atoms with van der Waals surface area (Å²) in [6.07, 6.45) is -1.88. The molecule has 2 unspecified atom stereocenters. The van der Waals surface area contributed by atoms with E-state index in [-0.39, 0.29) is 48.1 Å². The number of ether oxygens (including phenoxy) is 2. The van der Waals surface area contributed by atoms with Gasteiger partial charge in [-0.15, -0.1) is 0 Å². The summed E-state index contributed by atoms with van der Waals surface area (Å²) in [6, 6.07) is 11.7. The second-order valence-corrected chi connectivity index (χ2v) is 11.1. The van der Waals surface area contributed by atoms with Crippen molar-refractivity contribution in [1.82, 2.24) is 10.0 Å². The van der Waals surface area contributed by atoms with Crippen molar-refractivity contribution in [2.45, 2.75) is 56.3 Å². The maximum absolute atomic E-state index is 13.0. The summed E-state index contributed by atoms with van der Waals surface area (Å²) in [4.78, 5) is 23.2. The zero-order valence-corrected chi connectivity index (χ0v) is 21.6. The van der Waals surface area contributed by atoms with Crippen molar-refractivity contribution in [2.75, 3.05) is 19.8 Å². The number of carbonyl (C=O) groups is 1. The Morgan fingerprint density at radius 2 is 1.95 bits per heavy atom. The molecule has 1 aliphatic heterocycles. The van der Waals surface area contributed by atoms with Crippen LogP contribution in [0, 0.1) is 16.0 Å². The number of aliphatic hydroxyl groups excluding tert-OH is 1. The van der Waals surface area contributed by atoms with E-state index < -0.39 is 39.3 Å². The molecule has 2 aromatic carbocycles. The molecule has 1 saturated heterocycles. The molecular weight excluding hydrogens is 502 g/mol. The average molecular weight is 536 g/mol. The van der Waals surface area contributed by atoms with E-state index in [9.17, 15) is 28.4 Å². The zero-order valence-electron chi connectivity index (χ0n) is 20.8. The quantitative estimate of drug-likeness (QED) is 0.276. The Bertz CT molecular complexity index is 1170. The number of sulfonamides is 1. The van der Waals surface area contributed by atoms with Crippen LogP contribution in [0.25, 0.3) is 0 Å². The maximum atomic E-state index is 13.0. The SMILES string of the molecule is CC(C)CNS(=O)(=O)c1ccc([N+](=O)[O-])cc1CC(O)C(Cc1ccccc1)NC(=O)O[C@H]1CCOC1. The fraction of sp³-hybridized carbons (Fsp3) is 0.480. The van der Waals surface area contributed by atoms with Gasteiger partial charge in [-0.2, -0.15) is 0 Å². The minimum absolute atomic E-state index is 0.0394. The molecule has 0 saturated carbocycles. The lowest BCUT2D eigenvalue weighted by Crippen LogP contribution is -2.47. The van der Waals surface area contributed by atoms with Gasteiger partial charge in [0.25, 0.3) is 5.69 Å². The first kappa shape index (κ1) is 28.5. The number of rotatable bonds is 12. The van der Waals surface area contributed by atoms with Gasteiger partial charge in [0.05, 0.1) is 35.2 Å². The predicted molar refractivity (Wildman–Crippen MR) is 136 cm³/mol. The van der Waals surface area contributed by atoms with Crippen LogP contribution in [0.3, 0.4) is 0 Å². The molecule has 11 nitrogen and oxygen atoms in total. The van der Waals surface area contributed by atoms with Crippen LogP contribution >= 0.6 is 0 Å².